The van der Waals surface area contributed by atoms with Crippen molar-refractivity contribution in [2.45, 2.75) is 20.8 Å². The Hall–Kier alpha value is -1.92. The van der Waals surface area contributed by atoms with Crippen LogP contribution < -0.4 is 11.1 Å². The van der Waals surface area contributed by atoms with Gasteiger partial charge in [0.05, 0.1) is 5.69 Å². The molecule has 0 bridgehead atoms. The van der Waals surface area contributed by atoms with Crippen molar-refractivity contribution in [3.8, 4) is 0 Å². The zero-order valence-corrected chi connectivity index (χ0v) is 15.4. The third kappa shape index (κ3) is 2.84. The summed E-state index contributed by atoms with van der Waals surface area (Å²) in [5.41, 5.74) is 10.4. The van der Waals surface area contributed by atoms with Gasteiger partial charge in [0.25, 0.3) is 5.91 Å². The number of halogens is 1. The second-order valence-electron chi connectivity index (χ2n) is 5.42. The molecule has 1 aromatic carbocycles. The van der Waals surface area contributed by atoms with Gasteiger partial charge in [-0.25, -0.2) is 0 Å². The summed E-state index contributed by atoms with van der Waals surface area (Å²) in [4.78, 5) is 17.6. The topological polar surface area (TPSA) is 68.0 Å². The molecule has 4 nitrogen and oxygen atoms in total. The lowest BCUT2D eigenvalue weighted by atomic mass is 10.1. The number of thiophene rings is 1. The maximum absolute atomic E-state index is 12.6. The maximum atomic E-state index is 12.6. The van der Waals surface area contributed by atoms with Gasteiger partial charge in [-0.15, -0.1) is 11.3 Å². The van der Waals surface area contributed by atoms with Crippen molar-refractivity contribution in [3.63, 3.8) is 0 Å². The van der Waals surface area contributed by atoms with Crippen molar-refractivity contribution in [1.29, 1.82) is 0 Å². The van der Waals surface area contributed by atoms with Crippen molar-refractivity contribution in [3.05, 3.63) is 50.6 Å². The molecule has 0 aliphatic rings. The summed E-state index contributed by atoms with van der Waals surface area (Å²) >= 11 is 4.80. The van der Waals surface area contributed by atoms with E-state index in [0.717, 1.165) is 37.2 Å². The smallest absolute Gasteiger partial charge is 0.267 e. The van der Waals surface area contributed by atoms with Crippen molar-refractivity contribution in [2.24, 2.45) is 0 Å². The Balaban J connectivity index is 2.04. The number of hydrogen-bond donors (Lipinski definition) is 2. The van der Waals surface area contributed by atoms with E-state index in [1.165, 1.54) is 11.3 Å². The summed E-state index contributed by atoms with van der Waals surface area (Å²) in [5, 5.41) is 3.78. The number of aromatic nitrogens is 1. The average Bonchev–Trinajstić information content (AvgIpc) is 2.85. The lowest BCUT2D eigenvalue weighted by Gasteiger charge is -2.05. The maximum Gasteiger partial charge on any atom is 0.267 e. The summed E-state index contributed by atoms with van der Waals surface area (Å²) in [6.45, 7) is 5.91. The van der Waals surface area contributed by atoms with Crippen LogP contribution in [0.3, 0.4) is 0 Å². The Bertz CT molecular complexity index is 916. The fourth-order valence-corrected chi connectivity index (χ4v) is 4.00. The van der Waals surface area contributed by atoms with Crippen LogP contribution in [-0.2, 0) is 0 Å². The Labute approximate surface area is 146 Å². The van der Waals surface area contributed by atoms with Gasteiger partial charge in [0, 0.05) is 31.6 Å². The summed E-state index contributed by atoms with van der Waals surface area (Å²) < 4.78 is 2.00. The number of rotatable bonds is 2. The Morgan fingerprint density at radius 2 is 1.83 bits per heavy atom. The van der Waals surface area contributed by atoms with Crippen LogP contribution in [0.1, 0.15) is 26.6 Å². The molecule has 6 heteroatoms. The number of fused-ring (bicyclic) bond motifs is 1. The van der Waals surface area contributed by atoms with Crippen molar-refractivity contribution >= 4 is 54.6 Å². The molecule has 2 heterocycles. The molecule has 0 saturated heterocycles. The normalized spacial score (nSPS) is 11.0. The molecule has 0 radical (unpaired) electrons. The van der Waals surface area contributed by atoms with Crippen LogP contribution in [0.5, 0.6) is 0 Å². The fraction of sp³-hybridized carbons (Fsp3) is 0.176. The second kappa shape index (κ2) is 5.94. The number of nitrogens with zero attached hydrogens (tertiary/aromatic N) is 1. The minimum Gasteiger partial charge on any atom is -0.397 e. The van der Waals surface area contributed by atoms with Crippen LogP contribution in [0.15, 0.2) is 28.7 Å². The van der Waals surface area contributed by atoms with Gasteiger partial charge >= 0.3 is 0 Å². The summed E-state index contributed by atoms with van der Waals surface area (Å²) in [6, 6.07) is 7.44. The Morgan fingerprint density at radius 3 is 2.48 bits per heavy atom. The molecule has 2 aromatic heterocycles. The zero-order chi connectivity index (χ0) is 16.7. The molecular formula is C17H16BrN3OS. The van der Waals surface area contributed by atoms with Gasteiger partial charge in [-0.05, 0) is 50.6 Å². The van der Waals surface area contributed by atoms with Crippen LogP contribution in [0, 0.1) is 20.8 Å². The summed E-state index contributed by atoms with van der Waals surface area (Å²) in [5.74, 6) is -0.192. The van der Waals surface area contributed by atoms with Gasteiger partial charge in [0.15, 0.2) is 0 Å². The number of nitrogens with two attached hydrogens (primary N) is 1. The molecule has 0 aliphatic carbocycles. The van der Waals surface area contributed by atoms with E-state index in [0.29, 0.717) is 10.6 Å². The Kier molecular flexibility index (Phi) is 4.12. The fourth-order valence-electron chi connectivity index (χ4n) is 2.51. The number of pyridine rings is 1. The molecule has 0 unspecified atom stereocenters. The number of carbonyl (C=O) groups excluding carboxylic acids is 1. The quantitative estimate of drug-likeness (QED) is 0.659. The van der Waals surface area contributed by atoms with Crippen LogP contribution >= 0.6 is 27.3 Å². The minimum absolute atomic E-state index is 0.192. The van der Waals surface area contributed by atoms with Gasteiger partial charge < -0.3 is 11.1 Å². The zero-order valence-electron chi connectivity index (χ0n) is 13.0. The first kappa shape index (κ1) is 16.0. The predicted molar refractivity (Wildman–Crippen MR) is 100 cm³/mol. The lowest BCUT2D eigenvalue weighted by molar-refractivity contribution is 0.103. The van der Waals surface area contributed by atoms with Crippen LogP contribution in [-0.4, -0.2) is 10.9 Å². The number of anilines is 2. The van der Waals surface area contributed by atoms with E-state index in [2.05, 4.69) is 26.2 Å². The van der Waals surface area contributed by atoms with Crippen molar-refractivity contribution in [2.75, 3.05) is 11.1 Å². The first-order valence-electron chi connectivity index (χ1n) is 7.11. The highest BCUT2D eigenvalue weighted by molar-refractivity contribution is 9.10. The third-order valence-electron chi connectivity index (χ3n) is 3.83. The van der Waals surface area contributed by atoms with E-state index in [4.69, 9.17) is 5.73 Å². The summed E-state index contributed by atoms with van der Waals surface area (Å²) in [7, 11) is 0. The number of aryl methyl sites for hydroxylation is 3. The number of carbonyl (C=O) groups is 1. The van der Waals surface area contributed by atoms with E-state index >= 15 is 0 Å². The van der Waals surface area contributed by atoms with E-state index in [-0.39, 0.29) is 5.91 Å². The van der Waals surface area contributed by atoms with Gasteiger partial charge in [-0.3, -0.25) is 9.78 Å². The lowest BCUT2D eigenvalue weighted by Crippen LogP contribution is -2.11. The van der Waals surface area contributed by atoms with E-state index < -0.39 is 0 Å². The van der Waals surface area contributed by atoms with Gasteiger partial charge in [-0.2, -0.15) is 0 Å². The molecule has 3 aromatic rings. The van der Waals surface area contributed by atoms with Crippen molar-refractivity contribution < 1.29 is 4.79 Å². The second-order valence-corrected chi connectivity index (χ2v) is 7.35. The first-order valence-corrected chi connectivity index (χ1v) is 8.72. The Morgan fingerprint density at radius 1 is 1.17 bits per heavy atom. The highest BCUT2D eigenvalue weighted by Gasteiger charge is 2.20. The molecule has 3 N–H and O–H groups in total. The molecule has 0 saturated carbocycles. The predicted octanol–water partition coefficient (Wildman–Crippen LogP) is 4.82. The standard InChI is InChI=1S/C17H16BrN3OS/c1-8-9(2)20-10(3)13-14(19)16(23-15(8)13)17(22)21-12-6-4-11(18)5-7-12/h4-7H,19H2,1-3H3,(H,21,22). The highest BCUT2D eigenvalue weighted by Crippen LogP contribution is 2.38. The molecule has 0 fully saturated rings. The number of benzene rings is 1. The molecule has 0 spiro atoms. The monoisotopic (exact) mass is 389 g/mol. The number of amides is 1. The molecular weight excluding hydrogens is 374 g/mol. The van der Waals surface area contributed by atoms with E-state index in [9.17, 15) is 4.79 Å². The average molecular weight is 390 g/mol. The van der Waals surface area contributed by atoms with Crippen LogP contribution in [0.25, 0.3) is 10.1 Å². The van der Waals surface area contributed by atoms with Gasteiger partial charge in [0.1, 0.15) is 4.88 Å². The SMILES string of the molecule is Cc1nc(C)c2c(N)c(C(=O)Nc3ccc(Br)cc3)sc2c1C. The minimum atomic E-state index is -0.192. The molecule has 0 aliphatic heterocycles. The van der Waals surface area contributed by atoms with Crippen LogP contribution in [0.4, 0.5) is 11.4 Å². The summed E-state index contributed by atoms with van der Waals surface area (Å²) in [6.07, 6.45) is 0. The largest absolute Gasteiger partial charge is 0.397 e. The van der Waals surface area contributed by atoms with Crippen LogP contribution in [0.2, 0.25) is 0 Å². The number of nitrogens with one attached hydrogen (secondary N) is 1. The van der Waals surface area contributed by atoms with E-state index in [1.807, 2.05) is 45.0 Å². The molecule has 118 valence electrons. The number of nitrogen functional groups attached to an aromatic ring is 1. The number of hydrogen-bond acceptors (Lipinski definition) is 4. The first-order chi connectivity index (χ1) is 10.9. The molecule has 0 atom stereocenters. The van der Waals surface area contributed by atoms with E-state index in [1.54, 1.807) is 0 Å². The van der Waals surface area contributed by atoms with Crippen molar-refractivity contribution in [1.82, 2.24) is 4.98 Å². The third-order valence-corrected chi connectivity index (χ3v) is 5.69. The molecule has 23 heavy (non-hydrogen) atoms. The van der Waals surface area contributed by atoms with Gasteiger partial charge in [0.2, 0.25) is 0 Å². The highest BCUT2D eigenvalue weighted by atomic mass is 79.9. The molecule has 3 rings (SSSR count). The molecule has 1 amide bonds. The van der Waals surface area contributed by atoms with Gasteiger partial charge in [-0.1, -0.05) is 15.9 Å².